The number of rotatable bonds is 3. The Hall–Kier alpha value is -1.67. The molecule has 1 fully saturated rings. The summed E-state index contributed by atoms with van der Waals surface area (Å²) in [6.45, 7) is 4.23. The molecule has 1 N–H and O–H groups in total. The normalized spacial score (nSPS) is 20.4. The number of ether oxygens (including phenoxy) is 1. The van der Waals surface area contributed by atoms with Crippen LogP contribution in [-0.2, 0) is 11.3 Å². The number of guanidine groups is 1. The van der Waals surface area contributed by atoms with Crippen molar-refractivity contribution < 1.29 is 9.13 Å². The number of hydrogen-bond donors (Lipinski definition) is 1. The number of benzene rings is 2. The molecule has 0 saturated carbocycles. The highest BCUT2D eigenvalue weighted by Crippen LogP contribution is 2.25. The van der Waals surface area contributed by atoms with Crippen molar-refractivity contribution in [3.8, 4) is 0 Å². The average molecular weight is 469 g/mol. The molecule has 1 aliphatic rings. The molecule has 2 aromatic rings. The molecule has 1 aliphatic heterocycles. The zero-order valence-electron chi connectivity index (χ0n) is 15.1. The molecular formula is C20H25FIN3O. The number of hydrogen-bond acceptors (Lipinski definition) is 2. The number of nitrogens with zero attached hydrogens (tertiary/aromatic N) is 2. The Morgan fingerprint density at radius 2 is 1.85 bits per heavy atom. The van der Waals surface area contributed by atoms with E-state index in [0.29, 0.717) is 6.54 Å². The predicted molar refractivity (Wildman–Crippen MR) is 113 cm³/mol. The van der Waals surface area contributed by atoms with Gasteiger partial charge in [0.15, 0.2) is 5.96 Å². The number of aliphatic imine (C=N–C) groups is 1. The minimum absolute atomic E-state index is 0. The van der Waals surface area contributed by atoms with Crippen LogP contribution in [0.3, 0.4) is 0 Å². The summed E-state index contributed by atoms with van der Waals surface area (Å²) in [6, 6.07) is 16.8. The van der Waals surface area contributed by atoms with Crippen molar-refractivity contribution in [2.75, 3.05) is 20.1 Å². The number of halogens is 2. The SMILES string of the molecule is CN=C(NCc1ccccc1)N1CC(C)OC(c2ccc(F)cc2)C1.I. The van der Waals surface area contributed by atoms with Gasteiger partial charge in [-0.3, -0.25) is 4.99 Å². The maximum atomic E-state index is 13.2. The monoisotopic (exact) mass is 469 g/mol. The van der Waals surface area contributed by atoms with Crippen LogP contribution in [0.4, 0.5) is 4.39 Å². The Kier molecular flexibility index (Phi) is 7.84. The van der Waals surface area contributed by atoms with Gasteiger partial charge >= 0.3 is 0 Å². The van der Waals surface area contributed by atoms with Crippen LogP contribution in [-0.4, -0.2) is 37.1 Å². The molecule has 4 nitrogen and oxygen atoms in total. The highest BCUT2D eigenvalue weighted by Gasteiger charge is 2.28. The molecule has 1 saturated heterocycles. The maximum absolute atomic E-state index is 13.2. The summed E-state index contributed by atoms with van der Waals surface area (Å²) in [4.78, 5) is 6.62. The topological polar surface area (TPSA) is 36.9 Å². The molecule has 1 heterocycles. The summed E-state index contributed by atoms with van der Waals surface area (Å²) in [6.07, 6.45) is -0.0290. The molecule has 0 radical (unpaired) electrons. The first kappa shape index (κ1) is 20.6. The van der Waals surface area contributed by atoms with E-state index in [4.69, 9.17) is 4.74 Å². The van der Waals surface area contributed by atoms with Crippen LogP contribution < -0.4 is 5.32 Å². The van der Waals surface area contributed by atoms with Crippen molar-refractivity contribution in [1.29, 1.82) is 0 Å². The quantitative estimate of drug-likeness (QED) is 0.420. The molecule has 2 aromatic carbocycles. The fourth-order valence-corrected chi connectivity index (χ4v) is 3.10. The van der Waals surface area contributed by atoms with E-state index in [0.717, 1.165) is 24.6 Å². The minimum Gasteiger partial charge on any atom is -0.367 e. The summed E-state index contributed by atoms with van der Waals surface area (Å²) >= 11 is 0. The fraction of sp³-hybridized carbons (Fsp3) is 0.350. The van der Waals surface area contributed by atoms with E-state index in [1.807, 2.05) is 25.1 Å². The van der Waals surface area contributed by atoms with Gasteiger partial charge in [-0.05, 0) is 30.2 Å². The van der Waals surface area contributed by atoms with E-state index < -0.39 is 0 Å². The van der Waals surface area contributed by atoms with E-state index in [9.17, 15) is 4.39 Å². The zero-order chi connectivity index (χ0) is 17.6. The van der Waals surface area contributed by atoms with E-state index in [2.05, 4.69) is 27.3 Å². The summed E-state index contributed by atoms with van der Waals surface area (Å²) in [7, 11) is 1.79. The molecule has 0 aliphatic carbocycles. The Bertz CT molecular complexity index is 709. The van der Waals surface area contributed by atoms with Crippen LogP contribution in [0, 0.1) is 5.82 Å². The summed E-state index contributed by atoms with van der Waals surface area (Å²) in [5.74, 6) is 0.621. The first-order chi connectivity index (χ1) is 12.2. The molecule has 0 amide bonds. The summed E-state index contributed by atoms with van der Waals surface area (Å²) in [5, 5.41) is 3.42. The van der Waals surface area contributed by atoms with Crippen LogP contribution in [0.5, 0.6) is 0 Å². The number of nitrogens with one attached hydrogen (secondary N) is 1. The zero-order valence-corrected chi connectivity index (χ0v) is 17.4. The molecule has 0 spiro atoms. The molecule has 140 valence electrons. The lowest BCUT2D eigenvalue weighted by Crippen LogP contribution is -2.50. The van der Waals surface area contributed by atoms with Gasteiger partial charge in [-0.15, -0.1) is 24.0 Å². The molecule has 26 heavy (non-hydrogen) atoms. The Morgan fingerprint density at radius 3 is 2.50 bits per heavy atom. The molecule has 0 bridgehead atoms. The number of morpholine rings is 1. The molecule has 3 rings (SSSR count). The molecule has 0 aromatic heterocycles. The summed E-state index contributed by atoms with van der Waals surface area (Å²) in [5.41, 5.74) is 2.19. The van der Waals surface area contributed by atoms with Gasteiger partial charge in [0.25, 0.3) is 0 Å². The van der Waals surface area contributed by atoms with Gasteiger partial charge in [-0.1, -0.05) is 42.5 Å². The average Bonchev–Trinajstić information content (AvgIpc) is 2.63. The second kappa shape index (κ2) is 9.87. The molecule has 6 heteroatoms. The third-order valence-electron chi connectivity index (χ3n) is 4.31. The second-order valence-electron chi connectivity index (χ2n) is 6.28. The van der Waals surface area contributed by atoms with Gasteiger partial charge in [0, 0.05) is 20.1 Å². The van der Waals surface area contributed by atoms with Crippen molar-refractivity contribution in [2.45, 2.75) is 25.7 Å². The van der Waals surface area contributed by atoms with Crippen molar-refractivity contribution in [3.63, 3.8) is 0 Å². The van der Waals surface area contributed by atoms with Crippen molar-refractivity contribution in [2.24, 2.45) is 4.99 Å². The minimum atomic E-state index is -0.232. The highest BCUT2D eigenvalue weighted by molar-refractivity contribution is 14.0. The smallest absolute Gasteiger partial charge is 0.194 e. The molecule has 2 atom stereocenters. The van der Waals surface area contributed by atoms with E-state index in [-0.39, 0.29) is 42.0 Å². The van der Waals surface area contributed by atoms with Crippen LogP contribution in [0.15, 0.2) is 59.6 Å². The van der Waals surface area contributed by atoms with Crippen LogP contribution in [0.2, 0.25) is 0 Å². The predicted octanol–water partition coefficient (Wildman–Crippen LogP) is 3.98. The van der Waals surface area contributed by atoms with Crippen molar-refractivity contribution in [3.05, 3.63) is 71.5 Å². The first-order valence-corrected chi connectivity index (χ1v) is 8.56. The first-order valence-electron chi connectivity index (χ1n) is 8.56. The fourth-order valence-electron chi connectivity index (χ4n) is 3.10. The molecule has 2 unspecified atom stereocenters. The van der Waals surface area contributed by atoms with Crippen molar-refractivity contribution in [1.82, 2.24) is 10.2 Å². The highest BCUT2D eigenvalue weighted by atomic mass is 127. The van der Waals surface area contributed by atoms with Gasteiger partial charge in [-0.25, -0.2) is 4.39 Å². The largest absolute Gasteiger partial charge is 0.367 e. The third kappa shape index (κ3) is 5.41. The summed E-state index contributed by atoms with van der Waals surface area (Å²) < 4.78 is 19.2. The standard InChI is InChI=1S/C20H24FN3O.HI/c1-15-13-24(14-19(25-15)17-8-10-18(21)11-9-17)20(22-2)23-12-16-6-4-3-5-7-16;/h3-11,15,19H,12-14H2,1-2H3,(H,22,23);1H. The lowest BCUT2D eigenvalue weighted by Gasteiger charge is -2.38. The second-order valence-corrected chi connectivity index (χ2v) is 6.28. The van der Waals surface area contributed by atoms with E-state index in [1.165, 1.54) is 17.7 Å². The van der Waals surface area contributed by atoms with Crippen LogP contribution in [0.25, 0.3) is 0 Å². The maximum Gasteiger partial charge on any atom is 0.194 e. The van der Waals surface area contributed by atoms with Crippen LogP contribution in [0.1, 0.15) is 24.2 Å². The van der Waals surface area contributed by atoms with Crippen LogP contribution >= 0.6 is 24.0 Å². The van der Waals surface area contributed by atoms with E-state index in [1.54, 1.807) is 19.2 Å². The van der Waals surface area contributed by atoms with Gasteiger partial charge in [0.05, 0.1) is 12.6 Å². The van der Waals surface area contributed by atoms with E-state index >= 15 is 0 Å². The van der Waals surface area contributed by atoms with Gasteiger partial charge in [-0.2, -0.15) is 0 Å². The Balaban J connectivity index is 0.00000243. The van der Waals surface area contributed by atoms with Gasteiger partial charge < -0.3 is 15.0 Å². The van der Waals surface area contributed by atoms with Gasteiger partial charge in [0.2, 0.25) is 0 Å². The lowest BCUT2D eigenvalue weighted by molar-refractivity contribution is -0.0605. The Morgan fingerprint density at radius 1 is 1.15 bits per heavy atom. The lowest BCUT2D eigenvalue weighted by atomic mass is 10.1. The van der Waals surface area contributed by atoms with Crippen molar-refractivity contribution >= 4 is 29.9 Å². The Labute approximate surface area is 171 Å². The molecular weight excluding hydrogens is 444 g/mol. The van der Waals surface area contributed by atoms with Gasteiger partial charge in [0.1, 0.15) is 11.9 Å². The third-order valence-corrected chi connectivity index (χ3v) is 4.31.